The zero-order valence-electron chi connectivity index (χ0n) is 18.0. The summed E-state index contributed by atoms with van der Waals surface area (Å²) in [5, 5.41) is 6.79. The maximum Gasteiger partial charge on any atom is 0.248 e. The molecule has 0 unspecified atom stereocenters. The zero-order chi connectivity index (χ0) is 23.3. The van der Waals surface area contributed by atoms with Crippen LogP contribution >= 0.6 is 0 Å². The summed E-state index contributed by atoms with van der Waals surface area (Å²) in [4.78, 5) is 12.7. The lowest BCUT2D eigenvalue weighted by atomic mass is 10.2. The molecule has 0 bridgehead atoms. The van der Waals surface area contributed by atoms with Gasteiger partial charge in [-0.15, -0.1) is 0 Å². The van der Waals surface area contributed by atoms with Gasteiger partial charge in [-0.2, -0.15) is 9.40 Å². The number of hydrogen-bond donors (Lipinski definition) is 1. The van der Waals surface area contributed by atoms with Crippen molar-refractivity contribution in [3.63, 3.8) is 0 Å². The lowest BCUT2D eigenvalue weighted by Crippen LogP contribution is -2.40. The summed E-state index contributed by atoms with van der Waals surface area (Å²) in [5.41, 5.74) is 1.01. The van der Waals surface area contributed by atoms with Gasteiger partial charge in [0, 0.05) is 38.0 Å². The second-order valence-electron chi connectivity index (χ2n) is 7.36. The van der Waals surface area contributed by atoms with Crippen LogP contribution < -0.4 is 10.1 Å². The average molecular weight is 469 g/mol. The van der Waals surface area contributed by atoms with Crippen molar-refractivity contribution in [1.29, 1.82) is 0 Å². The Labute approximate surface area is 192 Å². The first kappa shape index (κ1) is 22.7. The molecule has 0 atom stereocenters. The Morgan fingerprint density at radius 3 is 2.61 bits per heavy atom. The van der Waals surface area contributed by atoms with Gasteiger partial charge in [0.05, 0.1) is 30.0 Å². The molecule has 2 heterocycles. The number of rotatable bonds is 7. The lowest BCUT2D eigenvalue weighted by molar-refractivity contribution is -0.111. The van der Waals surface area contributed by atoms with E-state index in [1.807, 2.05) is 18.2 Å². The summed E-state index contributed by atoms with van der Waals surface area (Å²) < 4.78 is 40.4. The summed E-state index contributed by atoms with van der Waals surface area (Å²) in [6.45, 7) is 1.24. The predicted molar refractivity (Wildman–Crippen MR) is 123 cm³/mol. The number of ether oxygens (including phenoxy) is 2. The van der Waals surface area contributed by atoms with Crippen LogP contribution in [0.1, 0.15) is 5.56 Å². The maximum absolute atomic E-state index is 13.1. The number of aromatic nitrogens is 2. The van der Waals surface area contributed by atoms with E-state index in [0.717, 1.165) is 5.56 Å². The first-order valence-corrected chi connectivity index (χ1v) is 11.8. The van der Waals surface area contributed by atoms with Gasteiger partial charge in [-0.3, -0.25) is 9.48 Å². The topological polar surface area (TPSA) is 103 Å². The lowest BCUT2D eigenvalue weighted by Gasteiger charge is -2.26. The van der Waals surface area contributed by atoms with Crippen molar-refractivity contribution in [2.75, 3.05) is 31.6 Å². The van der Waals surface area contributed by atoms with Crippen LogP contribution in [-0.4, -0.2) is 54.7 Å². The number of nitrogens with one attached hydrogen (secondary N) is 1. The van der Waals surface area contributed by atoms with Gasteiger partial charge >= 0.3 is 0 Å². The molecule has 1 aliphatic rings. The van der Waals surface area contributed by atoms with E-state index in [-0.39, 0.29) is 23.7 Å². The Hall–Kier alpha value is -3.47. The molecule has 4 rings (SSSR count). The Kier molecular flexibility index (Phi) is 6.87. The average Bonchev–Trinajstić information content (AvgIpc) is 3.25. The number of hydrogen-bond acceptors (Lipinski definition) is 6. The molecule has 1 aliphatic heterocycles. The Morgan fingerprint density at radius 2 is 1.91 bits per heavy atom. The van der Waals surface area contributed by atoms with Crippen LogP contribution in [0.2, 0.25) is 0 Å². The standard InChI is InChI=1S/C23H24N4O5S/c1-26-17-18(16-24-26)7-10-23(28)25-21-15-20(33(29,30)27-11-13-31-14-12-27)8-9-22(21)32-19-5-3-2-4-6-19/h2-10,15-17H,11-14H2,1H3,(H,25,28)/b10-7+. The van der Waals surface area contributed by atoms with E-state index in [1.54, 1.807) is 48.4 Å². The predicted octanol–water partition coefficient (Wildman–Crippen LogP) is 2.89. The second kappa shape index (κ2) is 9.99. The van der Waals surface area contributed by atoms with E-state index in [2.05, 4.69) is 10.4 Å². The first-order valence-electron chi connectivity index (χ1n) is 10.3. The van der Waals surface area contributed by atoms with Crippen LogP contribution in [0.5, 0.6) is 11.5 Å². The number of nitrogens with zero attached hydrogens (tertiary/aromatic N) is 3. The SMILES string of the molecule is Cn1cc(/C=C/C(=O)Nc2cc(S(=O)(=O)N3CCOCC3)ccc2Oc2ccccc2)cn1. The van der Waals surface area contributed by atoms with Gasteiger partial charge in [-0.1, -0.05) is 18.2 Å². The number of morpholine rings is 1. The summed E-state index contributed by atoms with van der Waals surface area (Å²) >= 11 is 0. The monoisotopic (exact) mass is 468 g/mol. The smallest absolute Gasteiger partial charge is 0.248 e. The molecule has 3 aromatic rings. The van der Waals surface area contributed by atoms with Crippen LogP contribution in [0, 0.1) is 0 Å². The van der Waals surface area contributed by atoms with Gasteiger partial charge < -0.3 is 14.8 Å². The number of benzene rings is 2. The molecule has 10 heteroatoms. The number of carbonyl (C=O) groups is 1. The summed E-state index contributed by atoms with van der Waals surface area (Å²) in [6.07, 6.45) is 6.37. The highest BCUT2D eigenvalue weighted by atomic mass is 32.2. The zero-order valence-corrected chi connectivity index (χ0v) is 18.9. The molecular weight excluding hydrogens is 444 g/mol. The largest absolute Gasteiger partial charge is 0.455 e. The van der Waals surface area contributed by atoms with Crippen molar-refractivity contribution in [2.45, 2.75) is 4.90 Å². The van der Waals surface area contributed by atoms with Crippen LogP contribution in [-0.2, 0) is 26.6 Å². The molecule has 0 aliphatic carbocycles. The molecule has 172 valence electrons. The van der Waals surface area contributed by atoms with E-state index < -0.39 is 15.9 Å². The molecular formula is C23H24N4O5S. The summed E-state index contributed by atoms with van der Waals surface area (Å²) in [6, 6.07) is 13.5. The number of amides is 1. The van der Waals surface area contributed by atoms with Crippen LogP contribution in [0.3, 0.4) is 0 Å². The number of anilines is 1. The normalized spacial score (nSPS) is 14.9. The van der Waals surface area contributed by atoms with Crippen molar-refractivity contribution in [3.8, 4) is 11.5 Å². The third-order valence-electron chi connectivity index (χ3n) is 4.94. The highest BCUT2D eigenvalue weighted by Gasteiger charge is 2.27. The molecule has 1 fully saturated rings. The minimum atomic E-state index is -3.75. The van der Waals surface area contributed by atoms with E-state index in [1.165, 1.54) is 22.5 Å². The minimum absolute atomic E-state index is 0.0661. The molecule has 9 nitrogen and oxygen atoms in total. The van der Waals surface area contributed by atoms with Crippen LogP contribution in [0.25, 0.3) is 6.08 Å². The quantitative estimate of drug-likeness (QED) is 0.535. The van der Waals surface area contributed by atoms with E-state index in [4.69, 9.17) is 9.47 Å². The maximum atomic E-state index is 13.1. The molecule has 33 heavy (non-hydrogen) atoms. The van der Waals surface area contributed by atoms with Crippen molar-refractivity contribution in [1.82, 2.24) is 14.1 Å². The van der Waals surface area contributed by atoms with Gasteiger partial charge in [0.15, 0.2) is 5.75 Å². The molecule has 1 saturated heterocycles. The van der Waals surface area contributed by atoms with Crippen molar-refractivity contribution >= 4 is 27.7 Å². The van der Waals surface area contributed by atoms with Crippen molar-refractivity contribution in [2.24, 2.45) is 7.05 Å². The molecule has 0 radical (unpaired) electrons. The third-order valence-corrected chi connectivity index (χ3v) is 6.83. The molecule has 1 amide bonds. The van der Waals surface area contributed by atoms with Gasteiger partial charge in [0.25, 0.3) is 0 Å². The fourth-order valence-corrected chi connectivity index (χ4v) is 4.72. The molecule has 0 saturated carbocycles. The molecule has 1 aromatic heterocycles. The second-order valence-corrected chi connectivity index (χ2v) is 9.30. The number of carbonyl (C=O) groups excluding carboxylic acids is 1. The summed E-state index contributed by atoms with van der Waals surface area (Å²) in [7, 11) is -1.96. The number of para-hydroxylation sites is 1. The van der Waals surface area contributed by atoms with Crippen LogP contribution in [0.4, 0.5) is 5.69 Å². The fraction of sp³-hybridized carbons (Fsp3) is 0.217. The molecule has 2 aromatic carbocycles. The van der Waals surface area contributed by atoms with Gasteiger partial charge in [0.2, 0.25) is 15.9 Å². The third kappa shape index (κ3) is 5.67. The van der Waals surface area contributed by atoms with E-state index in [9.17, 15) is 13.2 Å². The molecule has 0 spiro atoms. The van der Waals surface area contributed by atoms with E-state index >= 15 is 0 Å². The first-order chi connectivity index (χ1) is 15.9. The molecule has 1 N–H and O–H groups in total. The Balaban J connectivity index is 1.62. The van der Waals surface area contributed by atoms with Crippen molar-refractivity contribution < 1.29 is 22.7 Å². The Morgan fingerprint density at radius 1 is 1.15 bits per heavy atom. The van der Waals surface area contributed by atoms with Gasteiger partial charge in [-0.05, 0) is 36.4 Å². The minimum Gasteiger partial charge on any atom is -0.455 e. The number of aryl methyl sites for hydroxylation is 1. The number of sulfonamides is 1. The summed E-state index contributed by atoms with van der Waals surface area (Å²) in [5.74, 6) is 0.450. The Bertz CT molecular complexity index is 1250. The van der Waals surface area contributed by atoms with Gasteiger partial charge in [-0.25, -0.2) is 8.42 Å². The highest BCUT2D eigenvalue weighted by molar-refractivity contribution is 7.89. The highest BCUT2D eigenvalue weighted by Crippen LogP contribution is 2.33. The fourth-order valence-electron chi connectivity index (χ4n) is 3.28. The van der Waals surface area contributed by atoms with Crippen molar-refractivity contribution in [3.05, 3.63) is 72.6 Å². The van der Waals surface area contributed by atoms with Gasteiger partial charge in [0.1, 0.15) is 5.75 Å². The van der Waals surface area contributed by atoms with E-state index in [0.29, 0.717) is 24.7 Å². The van der Waals surface area contributed by atoms with Crippen LogP contribution in [0.15, 0.2) is 71.9 Å².